The summed E-state index contributed by atoms with van der Waals surface area (Å²) in [4.78, 5) is 0. The van der Waals surface area contributed by atoms with E-state index in [0.29, 0.717) is 6.42 Å². The fraction of sp³-hybridized carbons (Fsp3) is 0.833. The van der Waals surface area contributed by atoms with Crippen molar-refractivity contribution in [2.24, 2.45) is 0 Å². The fourth-order valence-corrected chi connectivity index (χ4v) is 1.47. The Kier molecular flexibility index (Phi) is 5.47. The minimum atomic E-state index is -1.50. The van der Waals surface area contributed by atoms with Gasteiger partial charge in [0, 0.05) is 12.8 Å². The van der Waals surface area contributed by atoms with Gasteiger partial charge in [0.15, 0.2) is 0 Å². The van der Waals surface area contributed by atoms with Gasteiger partial charge in [-0.3, -0.25) is 0 Å². The van der Waals surface area contributed by atoms with Gasteiger partial charge in [0.05, 0.1) is 13.3 Å². The van der Waals surface area contributed by atoms with Gasteiger partial charge in [0.25, 0.3) is 0 Å². The fourth-order valence-electron chi connectivity index (χ4n) is 0.853. The summed E-state index contributed by atoms with van der Waals surface area (Å²) in [6.07, 6.45) is 3.96. The monoisotopic (exact) mass is 212 g/mol. The highest BCUT2D eigenvalue weighted by Gasteiger charge is 2.36. The Balaban J connectivity index is 4.03. The molecule has 0 amide bonds. The van der Waals surface area contributed by atoms with Gasteiger partial charge in [-0.1, -0.05) is 33.0 Å². The molecule has 1 N–H and O–H groups in total. The molecule has 0 spiro atoms. The average molecular weight is 212 g/mol. The summed E-state index contributed by atoms with van der Waals surface area (Å²) in [5, 5.41) is 9.62. The molecule has 0 rings (SSSR count). The average Bonchev–Trinajstić information content (AvgIpc) is 2.02. The van der Waals surface area contributed by atoms with E-state index >= 15 is 0 Å². The maximum atomic E-state index is 10.2. The first kappa shape index (κ1) is 13.7. The lowest BCUT2D eigenvalue weighted by Gasteiger charge is -2.33. The number of hydrogen-bond acceptors (Lipinski definition) is 1. The van der Waals surface area contributed by atoms with Gasteiger partial charge in [0.2, 0.25) is 0 Å². The highest BCUT2D eigenvalue weighted by Crippen LogP contribution is 2.22. The molecule has 0 aliphatic carbocycles. The van der Waals surface area contributed by atoms with E-state index in [-0.39, 0.29) is 0 Å². The Hall–Kier alpha value is -0.263. The Labute approximate surface area is 89.9 Å². The van der Waals surface area contributed by atoms with Crippen LogP contribution < -0.4 is 0 Å². The summed E-state index contributed by atoms with van der Waals surface area (Å²) in [6.45, 7) is 10.6. The lowest BCUT2D eigenvalue weighted by Crippen LogP contribution is -2.49. The Bertz CT molecular complexity index is 215. The van der Waals surface area contributed by atoms with E-state index in [1.54, 1.807) is 0 Å². The predicted molar refractivity (Wildman–Crippen MR) is 65.9 cm³/mol. The maximum absolute atomic E-state index is 10.2. The van der Waals surface area contributed by atoms with Crippen LogP contribution in [0.2, 0.25) is 19.6 Å². The van der Waals surface area contributed by atoms with Crippen molar-refractivity contribution in [3.05, 3.63) is 0 Å². The molecule has 0 aliphatic rings. The second kappa shape index (κ2) is 5.58. The molecule has 0 bridgehead atoms. The van der Waals surface area contributed by atoms with E-state index < -0.39 is 13.3 Å². The summed E-state index contributed by atoms with van der Waals surface area (Å²) < 4.78 is 0. The summed E-state index contributed by atoms with van der Waals surface area (Å²) >= 11 is 0. The van der Waals surface area contributed by atoms with Crippen molar-refractivity contribution in [1.82, 2.24) is 0 Å². The summed E-state index contributed by atoms with van der Waals surface area (Å²) in [5.41, 5.74) is 0. The number of rotatable bonds is 4. The van der Waals surface area contributed by atoms with Crippen molar-refractivity contribution in [2.45, 2.75) is 64.4 Å². The van der Waals surface area contributed by atoms with Crippen LogP contribution in [0.15, 0.2) is 0 Å². The highest BCUT2D eigenvalue weighted by atomic mass is 28.3. The van der Waals surface area contributed by atoms with Crippen LogP contribution in [0.25, 0.3) is 0 Å². The lowest BCUT2D eigenvalue weighted by molar-refractivity contribution is 0.141. The zero-order valence-electron chi connectivity index (χ0n) is 10.3. The summed E-state index contributed by atoms with van der Waals surface area (Å²) in [7, 11) is -1.50. The van der Waals surface area contributed by atoms with Gasteiger partial charge in [-0.25, -0.2) is 0 Å². The molecule has 2 heteroatoms. The highest BCUT2D eigenvalue weighted by molar-refractivity contribution is 6.78. The van der Waals surface area contributed by atoms with Crippen molar-refractivity contribution < 1.29 is 5.11 Å². The van der Waals surface area contributed by atoms with Gasteiger partial charge in [-0.05, 0) is 13.3 Å². The third-order valence-electron chi connectivity index (χ3n) is 2.83. The SMILES string of the molecule is CCCCC#CCC(C)(O)[Si](C)(C)C. The smallest absolute Gasteiger partial charge is 0.0829 e. The van der Waals surface area contributed by atoms with Crippen molar-refractivity contribution in [3.8, 4) is 11.8 Å². The molecule has 14 heavy (non-hydrogen) atoms. The largest absolute Gasteiger partial charge is 0.393 e. The van der Waals surface area contributed by atoms with Gasteiger partial charge in [0.1, 0.15) is 0 Å². The van der Waals surface area contributed by atoms with Crippen LogP contribution in [-0.4, -0.2) is 18.4 Å². The van der Waals surface area contributed by atoms with Crippen LogP contribution in [0, 0.1) is 11.8 Å². The third-order valence-corrected chi connectivity index (χ3v) is 6.24. The molecule has 0 heterocycles. The molecule has 1 atom stereocenters. The van der Waals surface area contributed by atoms with Crippen molar-refractivity contribution in [2.75, 3.05) is 0 Å². The molecule has 0 saturated heterocycles. The lowest BCUT2D eigenvalue weighted by atomic mass is 10.2. The second-order valence-electron chi connectivity index (χ2n) is 5.16. The standard InChI is InChI=1S/C12H24OSi/c1-6-7-8-9-10-11-12(2,13)14(3,4)5/h13H,6-8,11H2,1-5H3. The van der Waals surface area contributed by atoms with Crippen molar-refractivity contribution >= 4 is 8.07 Å². The van der Waals surface area contributed by atoms with E-state index in [2.05, 4.69) is 38.4 Å². The van der Waals surface area contributed by atoms with Gasteiger partial charge in [-0.2, -0.15) is 0 Å². The first-order valence-corrected chi connectivity index (χ1v) is 8.99. The molecule has 0 aromatic rings. The molecule has 0 fully saturated rings. The maximum Gasteiger partial charge on any atom is 0.0829 e. The molecule has 82 valence electrons. The normalized spacial score (nSPS) is 15.6. The van der Waals surface area contributed by atoms with Crippen molar-refractivity contribution in [3.63, 3.8) is 0 Å². The Morgan fingerprint density at radius 2 is 1.79 bits per heavy atom. The van der Waals surface area contributed by atoms with Crippen LogP contribution in [0.5, 0.6) is 0 Å². The van der Waals surface area contributed by atoms with E-state index in [1.165, 1.54) is 12.8 Å². The molecule has 0 aromatic carbocycles. The summed E-state index contributed by atoms with van der Waals surface area (Å²) in [6, 6.07) is 0. The molecular weight excluding hydrogens is 188 g/mol. The molecule has 0 aliphatic heterocycles. The molecule has 0 saturated carbocycles. The second-order valence-corrected chi connectivity index (χ2v) is 10.7. The van der Waals surface area contributed by atoms with Gasteiger partial charge < -0.3 is 5.11 Å². The third kappa shape index (κ3) is 4.83. The number of unbranched alkanes of at least 4 members (excludes halogenated alkanes) is 2. The quantitative estimate of drug-likeness (QED) is 0.431. The molecule has 1 nitrogen and oxygen atoms in total. The molecular formula is C12H24OSi. The van der Waals surface area contributed by atoms with E-state index in [1.807, 2.05) is 6.92 Å². The topological polar surface area (TPSA) is 20.2 Å². The van der Waals surface area contributed by atoms with E-state index in [9.17, 15) is 5.11 Å². The van der Waals surface area contributed by atoms with Gasteiger partial charge >= 0.3 is 0 Å². The van der Waals surface area contributed by atoms with Crippen molar-refractivity contribution in [1.29, 1.82) is 0 Å². The van der Waals surface area contributed by atoms with E-state index in [0.717, 1.165) is 6.42 Å². The predicted octanol–water partition coefficient (Wildman–Crippen LogP) is 3.20. The van der Waals surface area contributed by atoms with Crippen LogP contribution in [0.1, 0.15) is 39.5 Å². The van der Waals surface area contributed by atoms with Gasteiger partial charge in [-0.15, -0.1) is 11.8 Å². The van der Waals surface area contributed by atoms with Crippen LogP contribution in [0.4, 0.5) is 0 Å². The van der Waals surface area contributed by atoms with Crippen LogP contribution >= 0.6 is 0 Å². The Morgan fingerprint density at radius 1 is 1.21 bits per heavy atom. The summed E-state index contributed by atoms with van der Waals surface area (Å²) in [5.74, 6) is 6.23. The zero-order valence-corrected chi connectivity index (χ0v) is 11.3. The minimum absolute atomic E-state index is 0.549. The first-order chi connectivity index (χ1) is 6.31. The minimum Gasteiger partial charge on any atom is -0.393 e. The van der Waals surface area contributed by atoms with E-state index in [4.69, 9.17) is 0 Å². The zero-order chi connectivity index (χ0) is 11.2. The van der Waals surface area contributed by atoms with Crippen LogP contribution in [0.3, 0.4) is 0 Å². The Morgan fingerprint density at radius 3 is 2.21 bits per heavy atom. The van der Waals surface area contributed by atoms with Crippen LogP contribution in [-0.2, 0) is 0 Å². The number of hydrogen-bond donors (Lipinski definition) is 1. The molecule has 0 radical (unpaired) electrons. The molecule has 1 unspecified atom stereocenters. The molecule has 0 aromatic heterocycles. The number of aliphatic hydroxyl groups is 1. The first-order valence-electron chi connectivity index (χ1n) is 5.49.